The summed E-state index contributed by atoms with van der Waals surface area (Å²) in [6, 6.07) is 1.99. The molecule has 3 nitrogen and oxygen atoms in total. The van der Waals surface area contributed by atoms with Crippen LogP contribution in [0.3, 0.4) is 0 Å². The first-order valence-corrected chi connectivity index (χ1v) is 3.55. The fourth-order valence-corrected chi connectivity index (χ4v) is 1.28. The minimum Gasteiger partial charge on any atom is -0.280 e. The molecule has 0 spiro atoms. The van der Waals surface area contributed by atoms with Gasteiger partial charge in [-0.25, -0.2) is 4.98 Å². The van der Waals surface area contributed by atoms with Crippen molar-refractivity contribution >= 4 is 11.0 Å². The highest BCUT2D eigenvalue weighted by Gasteiger charge is 2.02. The van der Waals surface area contributed by atoms with Crippen molar-refractivity contribution in [2.24, 2.45) is 0 Å². The molecule has 0 aliphatic rings. The lowest BCUT2D eigenvalue weighted by Gasteiger charge is -1.92. The van der Waals surface area contributed by atoms with Gasteiger partial charge in [-0.3, -0.25) is 5.10 Å². The van der Waals surface area contributed by atoms with Crippen LogP contribution in [-0.2, 0) is 0 Å². The second-order valence-electron chi connectivity index (χ2n) is 2.68. The van der Waals surface area contributed by atoms with Crippen LogP contribution in [0.1, 0.15) is 11.3 Å². The summed E-state index contributed by atoms with van der Waals surface area (Å²) < 4.78 is 0. The van der Waals surface area contributed by atoms with E-state index in [1.54, 1.807) is 6.20 Å². The lowest BCUT2D eigenvalue weighted by atomic mass is 10.2. The number of H-pyrrole nitrogens is 1. The maximum atomic E-state index is 4.12. The van der Waals surface area contributed by atoms with Crippen LogP contribution in [0.25, 0.3) is 11.0 Å². The third-order valence-electron chi connectivity index (χ3n) is 1.84. The zero-order valence-electron chi connectivity index (χ0n) is 6.55. The van der Waals surface area contributed by atoms with Crippen molar-refractivity contribution in [2.75, 3.05) is 0 Å². The molecule has 3 heteroatoms. The average molecular weight is 147 g/mol. The molecule has 0 aliphatic carbocycles. The quantitative estimate of drug-likeness (QED) is 0.614. The van der Waals surface area contributed by atoms with Gasteiger partial charge in [0.25, 0.3) is 0 Å². The SMILES string of the molecule is Cc1ccnc2n[nH]c(C)c12. The van der Waals surface area contributed by atoms with Crippen LogP contribution in [0.2, 0.25) is 0 Å². The zero-order chi connectivity index (χ0) is 7.84. The minimum atomic E-state index is 0.808. The molecule has 1 N–H and O–H groups in total. The van der Waals surface area contributed by atoms with E-state index in [-0.39, 0.29) is 0 Å². The minimum absolute atomic E-state index is 0.808. The van der Waals surface area contributed by atoms with E-state index in [2.05, 4.69) is 22.1 Å². The van der Waals surface area contributed by atoms with E-state index in [0.29, 0.717) is 0 Å². The Labute approximate surface area is 64.5 Å². The van der Waals surface area contributed by atoms with Crippen LogP contribution in [0, 0.1) is 13.8 Å². The fourth-order valence-electron chi connectivity index (χ4n) is 1.28. The van der Waals surface area contributed by atoms with Crippen LogP contribution < -0.4 is 0 Å². The van der Waals surface area contributed by atoms with Crippen molar-refractivity contribution in [2.45, 2.75) is 13.8 Å². The Morgan fingerprint density at radius 3 is 2.91 bits per heavy atom. The third kappa shape index (κ3) is 0.808. The molecule has 2 aromatic heterocycles. The van der Waals surface area contributed by atoms with Gasteiger partial charge in [0, 0.05) is 17.3 Å². The Bertz CT molecular complexity index is 389. The van der Waals surface area contributed by atoms with Gasteiger partial charge < -0.3 is 0 Å². The molecule has 0 radical (unpaired) electrons. The van der Waals surface area contributed by atoms with Gasteiger partial charge in [0.05, 0.1) is 0 Å². The van der Waals surface area contributed by atoms with Crippen molar-refractivity contribution in [3.8, 4) is 0 Å². The smallest absolute Gasteiger partial charge is 0.181 e. The second kappa shape index (κ2) is 2.05. The molecule has 11 heavy (non-hydrogen) atoms. The van der Waals surface area contributed by atoms with Crippen LogP contribution in [-0.4, -0.2) is 15.2 Å². The third-order valence-corrected chi connectivity index (χ3v) is 1.84. The molecule has 0 bridgehead atoms. The number of pyridine rings is 1. The molecule has 0 unspecified atom stereocenters. The number of aryl methyl sites for hydroxylation is 2. The molecule has 0 aromatic carbocycles. The second-order valence-corrected chi connectivity index (χ2v) is 2.68. The molecule has 2 aromatic rings. The number of aromatic amines is 1. The summed E-state index contributed by atoms with van der Waals surface area (Å²) in [5, 5.41) is 8.09. The molecular formula is C8H9N3. The molecule has 0 atom stereocenters. The predicted octanol–water partition coefficient (Wildman–Crippen LogP) is 1.57. The van der Waals surface area contributed by atoms with E-state index in [4.69, 9.17) is 0 Å². The first kappa shape index (κ1) is 6.34. The number of hydrogen-bond donors (Lipinski definition) is 1. The summed E-state index contributed by atoms with van der Waals surface area (Å²) in [5.41, 5.74) is 3.12. The summed E-state index contributed by atoms with van der Waals surface area (Å²) >= 11 is 0. The summed E-state index contributed by atoms with van der Waals surface area (Å²) in [5.74, 6) is 0. The van der Waals surface area contributed by atoms with E-state index in [0.717, 1.165) is 16.7 Å². The Balaban J connectivity index is 2.96. The van der Waals surface area contributed by atoms with Gasteiger partial charge in [-0.15, -0.1) is 0 Å². The van der Waals surface area contributed by atoms with Crippen LogP contribution in [0.5, 0.6) is 0 Å². The molecule has 2 heterocycles. The summed E-state index contributed by atoms with van der Waals surface area (Å²) in [6.07, 6.45) is 1.78. The molecule has 0 saturated carbocycles. The predicted molar refractivity (Wildman–Crippen MR) is 43.4 cm³/mol. The normalized spacial score (nSPS) is 10.7. The Kier molecular flexibility index (Phi) is 1.18. The van der Waals surface area contributed by atoms with Gasteiger partial charge in [-0.1, -0.05) is 0 Å². The molecule has 0 fully saturated rings. The van der Waals surface area contributed by atoms with E-state index in [1.807, 2.05) is 13.0 Å². The summed E-state index contributed by atoms with van der Waals surface area (Å²) in [4.78, 5) is 4.12. The van der Waals surface area contributed by atoms with Crippen LogP contribution in [0.15, 0.2) is 12.3 Å². The monoisotopic (exact) mass is 147 g/mol. The van der Waals surface area contributed by atoms with E-state index in [1.165, 1.54) is 5.56 Å². The maximum absolute atomic E-state index is 4.12. The topological polar surface area (TPSA) is 41.6 Å². The van der Waals surface area contributed by atoms with Crippen molar-refractivity contribution in [3.63, 3.8) is 0 Å². The van der Waals surface area contributed by atoms with Gasteiger partial charge in [-0.05, 0) is 25.5 Å². The van der Waals surface area contributed by atoms with Gasteiger partial charge in [-0.2, -0.15) is 5.10 Å². The Morgan fingerprint density at radius 1 is 1.36 bits per heavy atom. The number of nitrogens with zero attached hydrogens (tertiary/aromatic N) is 2. The number of rotatable bonds is 0. The van der Waals surface area contributed by atoms with Crippen LogP contribution >= 0.6 is 0 Å². The highest BCUT2D eigenvalue weighted by atomic mass is 15.1. The van der Waals surface area contributed by atoms with Gasteiger partial charge in [0.1, 0.15) is 0 Å². The molecule has 2 rings (SSSR count). The lowest BCUT2D eigenvalue weighted by Crippen LogP contribution is -1.79. The summed E-state index contributed by atoms with van der Waals surface area (Å²) in [7, 11) is 0. The fraction of sp³-hybridized carbons (Fsp3) is 0.250. The highest BCUT2D eigenvalue weighted by Crippen LogP contribution is 2.16. The van der Waals surface area contributed by atoms with E-state index >= 15 is 0 Å². The molecule has 0 aliphatic heterocycles. The standard InChI is InChI=1S/C8H9N3/c1-5-3-4-9-8-7(5)6(2)10-11-8/h3-4H,1-2H3,(H,9,10,11). The number of aromatic nitrogens is 3. The zero-order valence-corrected chi connectivity index (χ0v) is 6.55. The van der Waals surface area contributed by atoms with Crippen molar-refractivity contribution in [3.05, 3.63) is 23.5 Å². The average Bonchev–Trinajstić information content (AvgIpc) is 2.34. The maximum Gasteiger partial charge on any atom is 0.181 e. The Morgan fingerprint density at radius 2 is 2.18 bits per heavy atom. The first-order valence-electron chi connectivity index (χ1n) is 3.55. The number of nitrogens with one attached hydrogen (secondary N) is 1. The first-order chi connectivity index (χ1) is 5.29. The number of fused-ring (bicyclic) bond motifs is 1. The molecule has 0 amide bonds. The van der Waals surface area contributed by atoms with Crippen LogP contribution in [0.4, 0.5) is 0 Å². The van der Waals surface area contributed by atoms with E-state index < -0.39 is 0 Å². The van der Waals surface area contributed by atoms with E-state index in [9.17, 15) is 0 Å². The van der Waals surface area contributed by atoms with Crippen molar-refractivity contribution in [1.82, 2.24) is 15.2 Å². The molecule has 56 valence electrons. The van der Waals surface area contributed by atoms with Gasteiger partial charge in [0.15, 0.2) is 5.65 Å². The Hall–Kier alpha value is -1.38. The highest BCUT2D eigenvalue weighted by molar-refractivity contribution is 5.80. The van der Waals surface area contributed by atoms with Gasteiger partial charge >= 0.3 is 0 Å². The molecule has 0 saturated heterocycles. The number of hydrogen-bond acceptors (Lipinski definition) is 2. The summed E-state index contributed by atoms with van der Waals surface area (Å²) in [6.45, 7) is 4.07. The largest absolute Gasteiger partial charge is 0.280 e. The molecular weight excluding hydrogens is 138 g/mol. The van der Waals surface area contributed by atoms with Crippen molar-refractivity contribution in [1.29, 1.82) is 0 Å². The lowest BCUT2D eigenvalue weighted by molar-refractivity contribution is 1.05. The van der Waals surface area contributed by atoms with Crippen molar-refractivity contribution < 1.29 is 0 Å². The van der Waals surface area contributed by atoms with Gasteiger partial charge in [0.2, 0.25) is 0 Å².